The van der Waals surface area contributed by atoms with E-state index in [4.69, 9.17) is 0 Å². The fraction of sp³-hybridized carbons (Fsp3) is 0.857. The Hall–Kier alpha value is -1.10. The topological polar surface area (TPSA) is 61.4 Å². The molecule has 0 spiro atoms. The van der Waals surface area contributed by atoms with Crippen molar-refractivity contribution in [3.63, 3.8) is 0 Å². The Balaban J connectivity index is 1.86. The first kappa shape index (κ1) is 14.3. The fourth-order valence-electron chi connectivity index (χ4n) is 3.02. The summed E-state index contributed by atoms with van der Waals surface area (Å²) in [5.41, 5.74) is 0. The second-order valence-electron chi connectivity index (χ2n) is 5.80. The number of amides is 2. The van der Waals surface area contributed by atoms with Gasteiger partial charge in [-0.1, -0.05) is 0 Å². The number of hydrogen-bond acceptors (Lipinski definition) is 3. The van der Waals surface area contributed by atoms with Crippen LogP contribution in [0.25, 0.3) is 0 Å². The quantitative estimate of drug-likeness (QED) is 0.766. The number of likely N-dealkylation sites (tertiary alicyclic amines) is 1. The van der Waals surface area contributed by atoms with Crippen LogP contribution in [0, 0.1) is 5.92 Å². The highest BCUT2D eigenvalue weighted by Crippen LogP contribution is 2.18. The minimum Gasteiger partial charge on any atom is -0.352 e. The third-order valence-corrected chi connectivity index (χ3v) is 4.33. The van der Waals surface area contributed by atoms with Crippen LogP contribution in [0.3, 0.4) is 0 Å². The Bertz CT molecular complexity index is 346. The van der Waals surface area contributed by atoms with Crippen LogP contribution in [0.5, 0.6) is 0 Å². The van der Waals surface area contributed by atoms with Crippen LogP contribution < -0.4 is 10.6 Å². The Labute approximate surface area is 115 Å². The normalized spacial score (nSPS) is 31.9. The molecule has 2 N–H and O–H groups in total. The van der Waals surface area contributed by atoms with Crippen molar-refractivity contribution in [2.45, 2.75) is 51.6 Å². The zero-order valence-electron chi connectivity index (χ0n) is 11.9. The molecule has 2 heterocycles. The van der Waals surface area contributed by atoms with Crippen molar-refractivity contribution in [2.75, 3.05) is 19.6 Å². The third kappa shape index (κ3) is 3.69. The molecule has 3 unspecified atom stereocenters. The van der Waals surface area contributed by atoms with E-state index in [0.717, 1.165) is 38.8 Å². The molecule has 2 aliphatic rings. The van der Waals surface area contributed by atoms with Gasteiger partial charge in [-0.15, -0.1) is 0 Å². The zero-order valence-corrected chi connectivity index (χ0v) is 11.9. The van der Waals surface area contributed by atoms with Gasteiger partial charge in [0.15, 0.2) is 0 Å². The molecule has 3 atom stereocenters. The second kappa shape index (κ2) is 6.37. The molecule has 0 aromatic carbocycles. The molecule has 0 bridgehead atoms. The lowest BCUT2D eigenvalue weighted by atomic mass is 9.94. The summed E-state index contributed by atoms with van der Waals surface area (Å²) in [4.78, 5) is 25.5. The van der Waals surface area contributed by atoms with E-state index < -0.39 is 0 Å². The Kier molecular flexibility index (Phi) is 4.80. The molecule has 0 aliphatic carbocycles. The summed E-state index contributed by atoms with van der Waals surface area (Å²) < 4.78 is 0. The first-order chi connectivity index (χ1) is 9.08. The lowest BCUT2D eigenvalue weighted by Crippen LogP contribution is -2.54. The molecule has 0 aromatic heterocycles. The lowest BCUT2D eigenvalue weighted by Gasteiger charge is -2.35. The summed E-state index contributed by atoms with van der Waals surface area (Å²) in [5, 5.41) is 6.55. The van der Waals surface area contributed by atoms with Crippen molar-refractivity contribution in [2.24, 2.45) is 5.92 Å². The fourth-order valence-corrected chi connectivity index (χ4v) is 3.02. The summed E-state index contributed by atoms with van der Waals surface area (Å²) in [5.74, 6) is 0.156. The highest BCUT2D eigenvalue weighted by atomic mass is 16.2. The van der Waals surface area contributed by atoms with E-state index in [1.54, 1.807) is 11.8 Å². The molecule has 108 valence electrons. The van der Waals surface area contributed by atoms with Gasteiger partial charge in [0.2, 0.25) is 11.8 Å². The highest BCUT2D eigenvalue weighted by molar-refractivity contribution is 5.81. The Morgan fingerprint density at radius 1 is 1.26 bits per heavy atom. The average Bonchev–Trinajstić information content (AvgIpc) is 2.41. The molecular weight excluding hydrogens is 242 g/mol. The van der Waals surface area contributed by atoms with Crippen molar-refractivity contribution in [3.8, 4) is 0 Å². The predicted molar refractivity (Wildman–Crippen MR) is 73.6 cm³/mol. The van der Waals surface area contributed by atoms with Gasteiger partial charge in [0, 0.05) is 32.1 Å². The molecular formula is C14H25N3O2. The summed E-state index contributed by atoms with van der Waals surface area (Å²) in [7, 11) is 0. The number of hydrogen-bond donors (Lipinski definition) is 2. The summed E-state index contributed by atoms with van der Waals surface area (Å²) in [6.07, 6.45) is 3.98. The highest BCUT2D eigenvalue weighted by Gasteiger charge is 2.30. The van der Waals surface area contributed by atoms with Gasteiger partial charge in [0.25, 0.3) is 0 Å². The van der Waals surface area contributed by atoms with Crippen molar-refractivity contribution < 1.29 is 9.59 Å². The van der Waals surface area contributed by atoms with Crippen molar-refractivity contribution in [1.82, 2.24) is 15.5 Å². The smallest absolute Gasteiger partial charge is 0.225 e. The zero-order chi connectivity index (χ0) is 13.8. The minimum absolute atomic E-state index is 0.0354. The maximum atomic E-state index is 12.3. The number of nitrogens with one attached hydrogen (secondary N) is 2. The van der Waals surface area contributed by atoms with E-state index in [1.165, 1.54) is 0 Å². The SMILES string of the molecule is CC(=O)N1CCCC(C(=O)NC2CCCNC2C)C1. The number of carbonyl (C=O) groups excluding carboxylic acids is 2. The second-order valence-corrected chi connectivity index (χ2v) is 5.80. The van der Waals surface area contributed by atoms with Crippen LogP contribution in [0.2, 0.25) is 0 Å². The molecule has 2 amide bonds. The maximum absolute atomic E-state index is 12.3. The molecule has 19 heavy (non-hydrogen) atoms. The maximum Gasteiger partial charge on any atom is 0.225 e. The largest absolute Gasteiger partial charge is 0.352 e. The number of carbonyl (C=O) groups is 2. The number of rotatable bonds is 2. The molecule has 0 radical (unpaired) electrons. The van der Waals surface area contributed by atoms with Gasteiger partial charge in [0.05, 0.1) is 5.92 Å². The number of nitrogens with zero attached hydrogens (tertiary/aromatic N) is 1. The molecule has 2 saturated heterocycles. The summed E-state index contributed by atoms with van der Waals surface area (Å²) >= 11 is 0. The van der Waals surface area contributed by atoms with Crippen LogP contribution >= 0.6 is 0 Å². The third-order valence-electron chi connectivity index (χ3n) is 4.33. The molecule has 0 saturated carbocycles. The van der Waals surface area contributed by atoms with Crippen LogP contribution in [0.15, 0.2) is 0 Å². The standard InChI is InChI=1S/C14H25N3O2/c1-10-13(6-3-7-15-10)16-14(19)12-5-4-8-17(9-12)11(2)18/h10,12-13,15H,3-9H2,1-2H3,(H,16,19). The van der Waals surface area contributed by atoms with E-state index in [2.05, 4.69) is 17.6 Å². The molecule has 5 heteroatoms. The van der Waals surface area contributed by atoms with Gasteiger partial charge >= 0.3 is 0 Å². The summed E-state index contributed by atoms with van der Waals surface area (Å²) in [6, 6.07) is 0.569. The van der Waals surface area contributed by atoms with Crippen LogP contribution in [0.4, 0.5) is 0 Å². The van der Waals surface area contributed by atoms with Crippen molar-refractivity contribution in [3.05, 3.63) is 0 Å². The molecule has 5 nitrogen and oxygen atoms in total. The average molecular weight is 267 g/mol. The van der Waals surface area contributed by atoms with E-state index in [9.17, 15) is 9.59 Å². The van der Waals surface area contributed by atoms with Crippen LogP contribution in [-0.2, 0) is 9.59 Å². The van der Waals surface area contributed by atoms with Crippen molar-refractivity contribution in [1.29, 1.82) is 0 Å². The first-order valence-corrected chi connectivity index (χ1v) is 7.37. The molecule has 2 fully saturated rings. The number of piperidine rings is 2. The monoisotopic (exact) mass is 267 g/mol. The predicted octanol–water partition coefficient (Wildman–Crippen LogP) is 0.502. The molecule has 2 aliphatic heterocycles. The lowest BCUT2D eigenvalue weighted by molar-refractivity contribution is -0.134. The van der Waals surface area contributed by atoms with Gasteiger partial charge in [-0.25, -0.2) is 0 Å². The Morgan fingerprint density at radius 2 is 2.05 bits per heavy atom. The Morgan fingerprint density at radius 3 is 2.74 bits per heavy atom. The van der Waals surface area contributed by atoms with E-state index >= 15 is 0 Å². The van der Waals surface area contributed by atoms with Gasteiger partial charge in [-0.3, -0.25) is 9.59 Å². The van der Waals surface area contributed by atoms with E-state index in [0.29, 0.717) is 12.6 Å². The first-order valence-electron chi connectivity index (χ1n) is 7.37. The molecule has 2 rings (SSSR count). The minimum atomic E-state index is -0.0354. The van der Waals surface area contributed by atoms with E-state index in [1.807, 2.05) is 0 Å². The van der Waals surface area contributed by atoms with Crippen LogP contribution in [-0.4, -0.2) is 48.4 Å². The van der Waals surface area contributed by atoms with Gasteiger partial charge in [0.1, 0.15) is 0 Å². The van der Waals surface area contributed by atoms with Gasteiger partial charge in [-0.05, 0) is 39.2 Å². The van der Waals surface area contributed by atoms with Crippen LogP contribution in [0.1, 0.15) is 39.5 Å². The summed E-state index contributed by atoms with van der Waals surface area (Å²) in [6.45, 7) is 6.10. The van der Waals surface area contributed by atoms with E-state index in [-0.39, 0.29) is 23.8 Å². The van der Waals surface area contributed by atoms with Gasteiger partial charge in [-0.2, -0.15) is 0 Å². The van der Waals surface area contributed by atoms with Gasteiger partial charge < -0.3 is 15.5 Å². The van der Waals surface area contributed by atoms with Crippen molar-refractivity contribution >= 4 is 11.8 Å². The molecule has 0 aromatic rings.